The van der Waals surface area contributed by atoms with Crippen LogP contribution in [0.4, 0.5) is 11.8 Å². The number of fused-ring (bicyclic) bond motifs is 1. The quantitative estimate of drug-likeness (QED) is 0.769. The molecule has 3 aromatic heterocycles. The van der Waals surface area contributed by atoms with Crippen molar-refractivity contribution in [1.29, 1.82) is 0 Å². The Morgan fingerprint density at radius 3 is 2.78 bits per heavy atom. The van der Waals surface area contributed by atoms with Crippen molar-refractivity contribution in [2.24, 2.45) is 0 Å². The number of aryl methyl sites for hydroxylation is 2. The molecule has 0 saturated carbocycles. The summed E-state index contributed by atoms with van der Waals surface area (Å²) in [5, 5.41) is 7.66. The average Bonchev–Trinajstić information content (AvgIpc) is 3.24. The van der Waals surface area contributed by atoms with Crippen LogP contribution in [-0.4, -0.2) is 33.0 Å². The third kappa shape index (κ3) is 2.88. The number of nitrogens with zero attached hydrogens (tertiary/aromatic N) is 4. The zero-order valence-electron chi connectivity index (χ0n) is 13.4. The Morgan fingerprint density at radius 1 is 1.22 bits per heavy atom. The molecule has 23 heavy (non-hydrogen) atoms. The number of thiazole rings is 1. The van der Waals surface area contributed by atoms with Crippen molar-refractivity contribution in [3.05, 3.63) is 27.8 Å². The van der Waals surface area contributed by atoms with Crippen LogP contribution in [0.15, 0.2) is 11.4 Å². The molecule has 2 N–H and O–H groups in total. The maximum absolute atomic E-state index is 4.78. The van der Waals surface area contributed by atoms with E-state index < -0.39 is 0 Å². The van der Waals surface area contributed by atoms with Crippen LogP contribution in [-0.2, 0) is 6.54 Å². The molecule has 120 valence electrons. The van der Waals surface area contributed by atoms with E-state index >= 15 is 0 Å². The molecule has 1 aliphatic rings. The van der Waals surface area contributed by atoms with Gasteiger partial charge in [0.15, 0.2) is 0 Å². The van der Waals surface area contributed by atoms with E-state index in [1.165, 1.54) is 12.8 Å². The summed E-state index contributed by atoms with van der Waals surface area (Å²) in [6, 6.07) is 2.09. The van der Waals surface area contributed by atoms with Crippen molar-refractivity contribution in [3.8, 4) is 0 Å². The van der Waals surface area contributed by atoms with Crippen LogP contribution in [0.1, 0.15) is 29.2 Å². The van der Waals surface area contributed by atoms with Gasteiger partial charge in [0, 0.05) is 24.2 Å². The van der Waals surface area contributed by atoms with Gasteiger partial charge in [-0.2, -0.15) is 9.97 Å². The second-order valence-corrected chi connectivity index (χ2v) is 7.05. The Balaban J connectivity index is 1.67. The molecule has 0 unspecified atom stereocenters. The van der Waals surface area contributed by atoms with E-state index in [1.54, 1.807) is 11.3 Å². The Labute approximate surface area is 139 Å². The highest BCUT2D eigenvalue weighted by Crippen LogP contribution is 2.26. The average molecular weight is 328 g/mol. The van der Waals surface area contributed by atoms with E-state index in [0.29, 0.717) is 6.54 Å². The van der Waals surface area contributed by atoms with Gasteiger partial charge in [0.25, 0.3) is 0 Å². The molecule has 4 heterocycles. The number of rotatable bonds is 4. The number of aromatic amines is 1. The summed E-state index contributed by atoms with van der Waals surface area (Å²) in [6.45, 7) is 6.83. The third-order valence-electron chi connectivity index (χ3n) is 4.10. The molecule has 1 aliphatic heterocycles. The Morgan fingerprint density at radius 2 is 2.04 bits per heavy atom. The zero-order valence-corrected chi connectivity index (χ0v) is 14.2. The molecule has 0 spiro atoms. The lowest BCUT2D eigenvalue weighted by molar-refractivity contribution is 0.902. The molecule has 0 atom stereocenters. The lowest BCUT2D eigenvalue weighted by Gasteiger charge is -2.16. The van der Waals surface area contributed by atoms with Crippen LogP contribution in [0.2, 0.25) is 0 Å². The van der Waals surface area contributed by atoms with Gasteiger partial charge in [0.1, 0.15) is 11.5 Å². The summed E-state index contributed by atoms with van der Waals surface area (Å²) in [5.74, 6) is 1.70. The van der Waals surface area contributed by atoms with Gasteiger partial charge in [-0.15, -0.1) is 11.3 Å². The van der Waals surface area contributed by atoms with Crippen molar-refractivity contribution in [3.63, 3.8) is 0 Å². The van der Waals surface area contributed by atoms with Gasteiger partial charge in [-0.25, -0.2) is 4.98 Å². The zero-order chi connectivity index (χ0) is 15.8. The topological polar surface area (TPSA) is 69.7 Å². The van der Waals surface area contributed by atoms with Crippen LogP contribution in [0.3, 0.4) is 0 Å². The summed E-state index contributed by atoms with van der Waals surface area (Å²) < 4.78 is 0. The van der Waals surface area contributed by atoms with Gasteiger partial charge < -0.3 is 15.2 Å². The van der Waals surface area contributed by atoms with Gasteiger partial charge in [0.2, 0.25) is 5.95 Å². The predicted molar refractivity (Wildman–Crippen MR) is 94.3 cm³/mol. The molecule has 0 amide bonds. The fourth-order valence-corrected chi connectivity index (χ4v) is 3.60. The van der Waals surface area contributed by atoms with Crippen LogP contribution in [0, 0.1) is 13.8 Å². The number of hydrogen-bond donors (Lipinski definition) is 2. The van der Waals surface area contributed by atoms with Crippen molar-refractivity contribution in [1.82, 2.24) is 19.9 Å². The highest BCUT2D eigenvalue weighted by molar-refractivity contribution is 7.09. The molecule has 0 bridgehead atoms. The number of H-pyrrole nitrogens is 1. The molecule has 3 aromatic rings. The van der Waals surface area contributed by atoms with Gasteiger partial charge in [-0.3, -0.25) is 0 Å². The fourth-order valence-electron chi connectivity index (χ4n) is 2.99. The maximum atomic E-state index is 4.78. The van der Waals surface area contributed by atoms with E-state index in [4.69, 9.17) is 9.97 Å². The first-order chi connectivity index (χ1) is 11.2. The monoisotopic (exact) mass is 328 g/mol. The number of aromatic nitrogens is 4. The van der Waals surface area contributed by atoms with E-state index in [-0.39, 0.29) is 0 Å². The molecule has 7 heteroatoms. The largest absolute Gasteiger partial charge is 0.364 e. The van der Waals surface area contributed by atoms with E-state index in [1.807, 2.05) is 13.8 Å². The number of nitrogens with one attached hydrogen (secondary N) is 2. The lowest BCUT2D eigenvalue weighted by Crippen LogP contribution is -2.21. The number of hydrogen-bond acceptors (Lipinski definition) is 6. The first-order valence-corrected chi connectivity index (χ1v) is 8.84. The first kappa shape index (κ1) is 14.4. The van der Waals surface area contributed by atoms with E-state index in [0.717, 1.165) is 52.3 Å². The second kappa shape index (κ2) is 5.81. The molecular weight excluding hydrogens is 308 g/mol. The minimum absolute atomic E-state index is 0.681. The highest BCUT2D eigenvalue weighted by Gasteiger charge is 2.18. The van der Waals surface area contributed by atoms with Gasteiger partial charge in [-0.1, -0.05) is 0 Å². The Kier molecular flexibility index (Phi) is 3.65. The molecule has 0 aromatic carbocycles. The summed E-state index contributed by atoms with van der Waals surface area (Å²) in [4.78, 5) is 19.6. The highest BCUT2D eigenvalue weighted by atomic mass is 32.1. The normalized spacial score (nSPS) is 14.8. The maximum Gasteiger partial charge on any atom is 0.229 e. The van der Waals surface area contributed by atoms with Crippen molar-refractivity contribution in [2.45, 2.75) is 33.2 Å². The molecule has 0 aliphatic carbocycles. The summed E-state index contributed by atoms with van der Waals surface area (Å²) in [5.41, 5.74) is 3.05. The van der Waals surface area contributed by atoms with Crippen molar-refractivity contribution in [2.75, 3.05) is 23.3 Å². The standard InChI is InChI=1S/C16H20N6S/c1-10-7-13-14(17-8-12-9-23-11(2)19-12)20-16(21-15(13)18-10)22-5-3-4-6-22/h7,9H,3-6,8H2,1-2H3,(H2,17,18,20,21). The van der Waals surface area contributed by atoms with Crippen LogP contribution < -0.4 is 10.2 Å². The lowest BCUT2D eigenvalue weighted by atomic mass is 10.3. The molecule has 1 saturated heterocycles. The molecule has 4 rings (SSSR count). The number of anilines is 2. The molecular formula is C16H20N6S. The Bertz CT molecular complexity index is 830. The van der Waals surface area contributed by atoms with Crippen molar-refractivity contribution < 1.29 is 0 Å². The molecule has 1 fully saturated rings. The summed E-state index contributed by atoms with van der Waals surface area (Å²) >= 11 is 1.67. The van der Waals surface area contributed by atoms with Crippen LogP contribution >= 0.6 is 11.3 Å². The SMILES string of the molecule is Cc1cc2c(NCc3csc(C)n3)nc(N3CCCC3)nc2[nH]1. The smallest absolute Gasteiger partial charge is 0.229 e. The van der Waals surface area contributed by atoms with Gasteiger partial charge in [0.05, 0.1) is 22.6 Å². The minimum atomic E-state index is 0.681. The minimum Gasteiger partial charge on any atom is -0.364 e. The summed E-state index contributed by atoms with van der Waals surface area (Å²) in [6.07, 6.45) is 2.43. The Hall–Kier alpha value is -2.15. The summed E-state index contributed by atoms with van der Waals surface area (Å²) in [7, 11) is 0. The third-order valence-corrected chi connectivity index (χ3v) is 4.93. The second-order valence-electron chi connectivity index (χ2n) is 5.99. The fraction of sp³-hybridized carbons (Fsp3) is 0.438. The van der Waals surface area contributed by atoms with Crippen molar-refractivity contribution >= 4 is 34.1 Å². The first-order valence-electron chi connectivity index (χ1n) is 7.96. The van der Waals surface area contributed by atoms with E-state index in [9.17, 15) is 0 Å². The van der Waals surface area contributed by atoms with E-state index in [2.05, 4.69) is 31.6 Å². The van der Waals surface area contributed by atoms with Gasteiger partial charge >= 0.3 is 0 Å². The van der Waals surface area contributed by atoms with Gasteiger partial charge in [-0.05, 0) is 32.8 Å². The molecule has 0 radical (unpaired) electrons. The van der Waals surface area contributed by atoms with Crippen LogP contribution in [0.25, 0.3) is 11.0 Å². The van der Waals surface area contributed by atoms with Crippen LogP contribution in [0.5, 0.6) is 0 Å². The predicted octanol–water partition coefficient (Wildman–Crippen LogP) is 3.24. The molecule has 6 nitrogen and oxygen atoms in total.